The molecule has 0 aromatic heterocycles. The first kappa shape index (κ1) is 9.96. The van der Waals surface area contributed by atoms with Gasteiger partial charge in [-0.15, -0.1) is 0 Å². The Morgan fingerprint density at radius 1 is 1.25 bits per heavy atom. The predicted octanol–water partition coefficient (Wildman–Crippen LogP) is 0.792. The van der Waals surface area contributed by atoms with Crippen LogP contribution >= 0.6 is 0 Å². The average molecular weight is 173 g/mol. The third kappa shape index (κ3) is 3.09. The number of unbranched alkanes of at least 4 members (excludes halogenated alkanes) is 1. The van der Waals surface area contributed by atoms with E-state index in [0.717, 1.165) is 39.1 Å². The standard InChI is InChI=1S/C9H19NO2/c1-9(7-10-8-9)12-6-4-3-5-11-2/h10H,3-8H2,1-2H3. The second-order valence-electron chi connectivity index (χ2n) is 3.60. The first-order valence-electron chi connectivity index (χ1n) is 4.60. The Labute approximate surface area is 74.4 Å². The molecule has 0 spiro atoms. The van der Waals surface area contributed by atoms with Crippen LogP contribution in [0, 0.1) is 0 Å². The monoisotopic (exact) mass is 173 g/mol. The molecule has 1 aliphatic rings. The van der Waals surface area contributed by atoms with Gasteiger partial charge in [0.25, 0.3) is 0 Å². The van der Waals surface area contributed by atoms with E-state index in [1.807, 2.05) is 0 Å². The topological polar surface area (TPSA) is 30.5 Å². The van der Waals surface area contributed by atoms with Crippen LogP contribution in [0.25, 0.3) is 0 Å². The second-order valence-corrected chi connectivity index (χ2v) is 3.60. The van der Waals surface area contributed by atoms with Crippen LogP contribution in [0.5, 0.6) is 0 Å². The van der Waals surface area contributed by atoms with Crippen LogP contribution in [0.3, 0.4) is 0 Å². The molecule has 1 rings (SSSR count). The summed E-state index contributed by atoms with van der Waals surface area (Å²) in [5.41, 5.74) is 0.118. The van der Waals surface area contributed by atoms with Crippen molar-refractivity contribution in [3.8, 4) is 0 Å². The van der Waals surface area contributed by atoms with Crippen LogP contribution in [-0.4, -0.2) is 39.0 Å². The van der Waals surface area contributed by atoms with E-state index in [-0.39, 0.29) is 5.60 Å². The van der Waals surface area contributed by atoms with E-state index in [1.165, 1.54) is 0 Å². The van der Waals surface area contributed by atoms with Gasteiger partial charge in [-0.2, -0.15) is 0 Å². The van der Waals surface area contributed by atoms with Crippen LogP contribution in [0.1, 0.15) is 19.8 Å². The highest BCUT2D eigenvalue weighted by Gasteiger charge is 2.31. The Bertz CT molecular complexity index is 124. The van der Waals surface area contributed by atoms with E-state index < -0.39 is 0 Å². The van der Waals surface area contributed by atoms with Gasteiger partial charge in [-0.3, -0.25) is 0 Å². The maximum Gasteiger partial charge on any atom is 0.0901 e. The van der Waals surface area contributed by atoms with E-state index in [4.69, 9.17) is 9.47 Å². The molecule has 0 bridgehead atoms. The second kappa shape index (κ2) is 4.80. The highest BCUT2D eigenvalue weighted by Crippen LogP contribution is 2.15. The average Bonchev–Trinajstić information content (AvgIpc) is 2.01. The number of hydrogen-bond acceptors (Lipinski definition) is 3. The smallest absolute Gasteiger partial charge is 0.0901 e. The molecule has 3 nitrogen and oxygen atoms in total. The molecule has 0 atom stereocenters. The molecule has 1 N–H and O–H groups in total. The molecule has 1 saturated heterocycles. The van der Waals surface area contributed by atoms with Gasteiger partial charge in [0.2, 0.25) is 0 Å². The van der Waals surface area contributed by atoms with E-state index in [9.17, 15) is 0 Å². The number of nitrogens with one attached hydrogen (secondary N) is 1. The zero-order chi connectivity index (χ0) is 8.86. The van der Waals surface area contributed by atoms with Crippen molar-refractivity contribution < 1.29 is 9.47 Å². The van der Waals surface area contributed by atoms with Crippen molar-refractivity contribution in [3.63, 3.8) is 0 Å². The van der Waals surface area contributed by atoms with Crippen molar-refractivity contribution in [1.29, 1.82) is 0 Å². The van der Waals surface area contributed by atoms with Gasteiger partial charge in [0, 0.05) is 33.4 Å². The molecule has 1 fully saturated rings. The molecule has 12 heavy (non-hydrogen) atoms. The van der Waals surface area contributed by atoms with Crippen LogP contribution in [0.2, 0.25) is 0 Å². The Morgan fingerprint density at radius 3 is 2.42 bits per heavy atom. The molecule has 0 saturated carbocycles. The third-order valence-electron chi connectivity index (χ3n) is 2.19. The van der Waals surface area contributed by atoms with Gasteiger partial charge in [-0.1, -0.05) is 0 Å². The van der Waals surface area contributed by atoms with Crippen molar-refractivity contribution >= 4 is 0 Å². The molecule has 1 aliphatic heterocycles. The molecule has 0 aromatic rings. The van der Waals surface area contributed by atoms with Gasteiger partial charge in [0.1, 0.15) is 0 Å². The summed E-state index contributed by atoms with van der Waals surface area (Å²) in [4.78, 5) is 0. The summed E-state index contributed by atoms with van der Waals surface area (Å²) in [6.07, 6.45) is 2.20. The van der Waals surface area contributed by atoms with Crippen LogP contribution in [0.4, 0.5) is 0 Å². The maximum absolute atomic E-state index is 5.69. The highest BCUT2D eigenvalue weighted by atomic mass is 16.5. The summed E-state index contributed by atoms with van der Waals surface area (Å²) >= 11 is 0. The first-order chi connectivity index (χ1) is 5.77. The SMILES string of the molecule is COCCCCOC1(C)CNC1. The molecular weight excluding hydrogens is 154 g/mol. The number of methoxy groups -OCH3 is 1. The summed E-state index contributed by atoms with van der Waals surface area (Å²) in [5, 5.41) is 3.20. The first-order valence-corrected chi connectivity index (χ1v) is 4.60. The van der Waals surface area contributed by atoms with Gasteiger partial charge < -0.3 is 14.8 Å². The van der Waals surface area contributed by atoms with Gasteiger partial charge >= 0.3 is 0 Å². The van der Waals surface area contributed by atoms with E-state index in [1.54, 1.807) is 7.11 Å². The summed E-state index contributed by atoms with van der Waals surface area (Å²) in [5.74, 6) is 0. The fourth-order valence-corrected chi connectivity index (χ4v) is 1.25. The van der Waals surface area contributed by atoms with Crippen LogP contribution in [0.15, 0.2) is 0 Å². The molecule has 1 heterocycles. The van der Waals surface area contributed by atoms with Crippen molar-refractivity contribution in [2.24, 2.45) is 0 Å². The Balaban J connectivity index is 1.88. The maximum atomic E-state index is 5.69. The normalized spacial score (nSPS) is 20.5. The lowest BCUT2D eigenvalue weighted by Gasteiger charge is -2.39. The van der Waals surface area contributed by atoms with Crippen molar-refractivity contribution in [1.82, 2.24) is 5.32 Å². The third-order valence-corrected chi connectivity index (χ3v) is 2.19. The number of ether oxygens (including phenoxy) is 2. The molecule has 72 valence electrons. The summed E-state index contributed by atoms with van der Waals surface area (Å²) in [6.45, 7) is 5.86. The molecule has 0 aromatic carbocycles. The van der Waals surface area contributed by atoms with Gasteiger partial charge in [-0.25, -0.2) is 0 Å². The van der Waals surface area contributed by atoms with Gasteiger partial charge in [0.05, 0.1) is 5.60 Å². The predicted molar refractivity (Wildman–Crippen MR) is 48.3 cm³/mol. The van der Waals surface area contributed by atoms with Crippen LogP contribution in [-0.2, 0) is 9.47 Å². The Kier molecular flexibility index (Phi) is 3.98. The van der Waals surface area contributed by atoms with Gasteiger partial charge in [0.15, 0.2) is 0 Å². The molecule has 0 unspecified atom stereocenters. The van der Waals surface area contributed by atoms with Gasteiger partial charge in [-0.05, 0) is 19.8 Å². The largest absolute Gasteiger partial charge is 0.385 e. The lowest BCUT2D eigenvalue weighted by molar-refractivity contribution is -0.0684. The van der Waals surface area contributed by atoms with E-state index >= 15 is 0 Å². The number of rotatable bonds is 6. The highest BCUT2D eigenvalue weighted by molar-refractivity contribution is 4.89. The molecule has 0 radical (unpaired) electrons. The van der Waals surface area contributed by atoms with Crippen molar-refractivity contribution in [2.45, 2.75) is 25.4 Å². The van der Waals surface area contributed by atoms with E-state index in [0.29, 0.717) is 0 Å². The minimum Gasteiger partial charge on any atom is -0.385 e. The van der Waals surface area contributed by atoms with Crippen molar-refractivity contribution in [2.75, 3.05) is 33.4 Å². The van der Waals surface area contributed by atoms with Crippen LogP contribution < -0.4 is 5.32 Å². The fraction of sp³-hybridized carbons (Fsp3) is 1.00. The zero-order valence-electron chi connectivity index (χ0n) is 8.06. The zero-order valence-corrected chi connectivity index (χ0v) is 8.06. The number of hydrogen-bond donors (Lipinski definition) is 1. The summed E-state index contributed by atoms with van der Waals surface area (Å²) in [6, 6.07) is 0. The lowest BCUT2D eigenvalue weighted by atomic mass is 10.0. The minimum atomic E-state index is 0.118. The summed E-state index contributed by atoms with van der Waals surface area (Å²) in [7, 11) is 1.73. The summed E-state index contributed by atoms with van der Waals surface area (Å²) < 4.78 is 10.6. The van der Waals surface area contributed by atoms with Crippen molar-refractivity contribution in [3.05, 3.63) is 0 Å². The minimum absolute atomic E-state index is 0.118. The molecule has 3 heteroatoms. The molecule has 0 aliphatic carbocycles. The fourth-order valence-electron chi connectivity index (χ4n) is 1.25. The quantitative estimate of drug-likeness (QED) is 0.602. The van der Waals surface area contributed by atoms with E-state index in [2.05, 4.69) is 12.2 Å². The lowest BCUT2D eigenvalue weighted by Crippen LogP contribution is -2.59. The Hall–Kier alpha value is -0.120. The molecule has 0 amide bonds. The molecular formula is C9H19NO2. The Morgan fingerprint density at radius 2 is 1.92 bits per heavy atom.